The first-order valence-electron chi connectivity index (χ1n) is 14.1. The number of fused-ring (bicyclic) bond motifs is 2. The summed E-state index contributed by atoms with van der Waals surface area (Å²) in [5, 5.41) is 0.634. The van der Waals surface area contributed by atoms with Crippen LogP contribution in [0, 0.1) is 14.3 Å². The summed E-state index contributed by atoms with van der Waals surface area (Å²) in [4.78, 5) is 27.2. The van der Waals surface area contributed by atoms with E-state index in [4.69, 9.17) is 19.0 Å². The fourth-order valence-corrected chi connectivity index (χ4v) is 10.3. The second kappa shape index (κ2) is 12.5. The van der Waals surface area contributed by atoms with Crippen LogP contribution in [0.1, 0.15) is 51.9 Å². The van der Waals surface area contributed by atoms with E-state index >= 15 is 0 Å². The largest absolute Gasteiger partial charge is 0.542 e. The first-order chi connectivity index (χ1) is 20.0. The molecule has 4 rings (SSSR count). The van der Waals surface area contributed by atoms with Crippen molar-refractivity contribution in [1.82, 2.24) is 0 Å². The van der Waals surface area contributed by atoms with Crippen molar-refractivity contribution in [2.75, 3.05) is 5.73 Å². The second-order valence-electron chi connectivity index (χ2n) is 14.1. The van der Waals surface area contributed by atoms with Crippen molar-refractivity contribution in [3.8, 4) is 28.2 Å². The molecule has 0 unspecified atom stereocenters. The molecule has 236 valence electrons. The first kappa shape index (κ1) is 36.4. The van der Waals surface area contributed by atoms with Crippen molar-refractivity contribution in [3.63, 3.8) is 0 Å². The maximum absolute atomic E-state index is 14.0. The van der Waals surface area contributed by atoms with Crippen molar-refractivity contribution in [2.24, 2.45) is 0 Å². The monoisotopic (exact) mass is 1080 g/mol. The summed E-state index contributed by atoms with van der Waals surface area (Å²) in [5.74, 6) is 0.835. The summed E-state index contributed by atoms with van der Waals surface area (Å²) in [5.41, 5.74) is 9.81. The molecule has 2 aliphatic rings. The van der Waals surface area contributed by atoms with Crippen LogP contribution in [0.4, 0.5) is 5.69 Å². The summed E-state index contributed by atoms with van der Waals surface area (Å²) in [6.45, 7) is 21.5. The van der Waals surface area contributed by atoms with Crippen LogP contribution in [0.15, 0.2) is 39.5 Å². The van der Waals surface area contributed by atoms with Gasteiger partial charge in [-0.3, -0.25) is 4.79 Å². The van der Waals surface area contributed by atoms with E-state index in [1.165, 1.54) is 0 Å². The molecule has 0 atom stereocenters. The number of hydrogen-bond acceptors (Lipinski definition) is 6. The number of nitrogens with two attached hydrogens (primary N) is 1. The van der Waals surface area contributed by atoms with E-state index in [1.54, 1.807) is 12.1 Å². The highest BCUT2D eigenvalue weighted by molar-refractivity contribution is 14.1. The number of anilines is 1. The molecule has 1 heterocycles. The number of nitrogen functional groups attached to an aromatic ring is 1. The summed E-state index contributed by atoms with van der Waals surface area (Å²) in [6.07, 6.45) is 0. The predicted molar refractivity (Wildman–Crippen MR) is 220 cm³/mol. The fourth-order valence-electron chi connectivity index (χ4n) is 4.17. The van der Waals surface area contributed by atoms with Crippen LogP contribution in [-0.4, -0.2) is 22.6 Å². The summed E-state index contributed by atoms with van der Waals surface area (Å²) >= 11 is 8.75. The van der Waals surface area contributed by atoms with Gasteiger partial charge < -0.3 is 19.0 Å². The quantitative estimate of drug-likeness (QED) is 0.0927. The zero-order chi connectivity index (χ0) is 33.3. The van der Waals surface area contributed by atoms with Gasteiger partial charge in [-0.2, -0.15) is 0 Å². The molecule has 12 heteroatoms. The van der Waals surface area contributed by atoms with Crippen molar-refractivity contribution < 1.29 is 18.1 Å². The van der Waals surface area contributed by atoms with Gasteiger partial charge in [0.1, 0.15) is 9.32 Å². The SMILES string of the molecule is CC(C)(C)[Si](C)(C)OC(=O)c1cc(N)ccc1-c1c2cc(I)c(=O)c(I)c-2oc2c(I)c(O[Si](C)(C)C(C)(C)C)c(I)cc12. The Morgan fingerprint density at radius 3 is 1.98 bits per heavy atom. The average Bonchev–Trinajstić information content (AvgIpc) is 2.88. The van der Waals surface area contributed by atoms with E-state index in [1.807, 2.05) is 12.1 Å². The Kier molecular flexibility index (Phi) is 10.4. The number of hydrogen-bond donors (Lipinski definition) is 1. The molecule has 0 bridgehead atoms. The van der Waals surface area contributed by atoms with Gasteiger partial charge >= 0.3 is 5.97 Å². The highest BCUT2D eigenvalue weighted by atomic mass is 127. The van der Waals surface area contributed by atoms with Crippen LogP contribution >= 0.6 is 90.4 Å². The Morgan fingerprint density at radius 1 is 0.818 bits per heavy atom. The normalized spacial score (nSPS) is 13.0. The van der Waals surface area contributed by atoms with E-state index in [2.05, 4.69) is 164 Å². The molecule has 2 aromatic rings. The van der Waals surface area contributed by atoms with Crippen LogP contribution < -0.4 is 15.6 Å². The molecule has 1 aliphatic heterocycles. The Morgan fingerprint density at radius 2 is 1.41 bits per heavy atom. The topological polar surface area (TPSA) is 91.8 Å². The molecule has 0 radical (unpaired) electrons. The van der Waals surface area contributed by atoms with Gasteiger partial charge in [0.05, 0.1) is 16.3 Å². The Balaban J connectivity index is 2.14. The lowest BCUT2D eigenvalue weighted by Gasteiger charge is -2.37. The predicted octanol–water partition coefficient (Wildman–Crippen LogP) is 11.1. The molecule has 0 saturated carbocycles. The standard InChI is InChI=1S/C32H37I4NO5Si2/c1-31(2,3)43(7,8)41-29-22(34)15-20-23(19-14-21(33)26(38)24(35)27(19)40-28(20)25(29)36)17-12-11-16(37)13-18(17)30(39)42-44(9,10)32(4,5)6/h11-15H,37H2,1-10H3. The van der Waals surface area contributed by atoms with Crippen LogP contribution in [-0.2, 0) is 4.43 Å². The molecule has 0 spiro atoms. The van der Waals surface area contributed by atoms with Gasteiger partial charge in [0.15, 0.2) is 11.3 Å². The average molecular weight is 1080 g/mol. The van der Waals surface area contributed by atoms with E-state index in [-0.39, 0.29) is 15.5 Å². The van der Waals surface area contributed by atoms with Gasteiger partial charge in [-0.05, 0) is 156 Å². The second-order valence-corrected chi connectivity index (χ2v) is 28.0. The Hall–Kier alpha value is -0.446. The summed E-state index contributed by atoms with van der Waals surface area (Å²) in [7, 11) is -4.65. The molecular formula is C32H37I4NO5Si2. The lowest BCUT2D eigenvalue weighted by atomic mass is 9.90. The van der Waals surface area contributed by atoms with E-state index in [0.717, 1.165) is 29.4 Å². The third-order valence-corrected chi connectivity index (χ3v) is 21.1. The van der Waals surface area contributed by atoms with Crippen LogP contribution in [0.5, 0.6) is 5.75 Å². The van der Waals surface area contributed by atoms with E-state index < -0.39 is 22.6 Å². The van der Waals surface area contributed by atoms with Crippen LogP contribution in [0.3, 0.4) is 0 Å². The van der Waals surface area contributed by atoms with Crippen molar-refractivity contribution >= 4 is 130 Å². The van der Waals surface area contributed by atoms with E-state index in [0.29, 0.717) is 35.3 Å². The maximum Gasteiger partial charge on any atom is 0.325 e. The molecule has 2 aromatic carbocycles. The zero-order valence-corrected chi connectivity index (χ0v) is 37.1. The summed E-state index contributed by atoms with van der Waals surface area (Å²) in [6, 6.07) is 9.26. The highest BCUT2D eigenvalue weighted by Gasteiger charge is 2.42. The number of halogens is 4. The van der Waals surface area contributed by atoms with Gasteiger partial charge in [0.25, 0.3) is 16.6 Å². The van der Waals surface area contributed by atoms with Gasteiger partial charge in [-0.15, -0.1) is 0 Å². The molecule has 0 saturated heterocycles. The van der Waals surface area contributed by atoms with Crippen molar-refractivity contribution in [1.29, 1.82) is 0 Å². The van der Waals surface area contributed by atoms with Gasteiger partial charge in [0.2, 0.25) is 5.43 Å². The van der Waals surface area contributed by atoms with Crippen LogP contribution in [0.25, 0.3) is 33.4 Å². The van der Waals surface area contributed by atoms with E-state index in [9.17, 15) is 9.59 Å². The van der Waals surface area contributed by atoms with Crippen molar-refractivity contribution in [2.45, 2.75) is 77.8 Å². The maximum atomic E-state index is 14.0. The minimum absolute atomic E-state index is 0.00723. The number of carbonyl (C=O) groups is 1. The third-order valence-electron chi connectivity index (χ3n) is 8.86. The molecule has 6 nitrogen and oxygen atoms in total. The molecule has 0 fully saturated rings. The van der Waals surface area contributed by atoms with Gasteiger partial charge in [0, 0.05) is 22.2 Å². The molecule has 44 heavy (non-hydrogen) atoms. The van der Waals surface area contributed by atoms with Crippen molar-refractivity contribution in [3.05, 3.63) is 60.4 Å². The molecule has 1 aliphatic carbocycles. The fraction of sp³-hybridized carbons (Fsp3) is 0.375. The summed E-state index contributed by atoms with van der Waals surface area (Å²) < 4.78 is 22.6. The lowest BCUT2D eigenvalue weighted by molar-refractivity contribution is 0.0713. The molecule has 0 aromatic heterocycles. The number of rotatable bonds is 5. The third kappa shape index (κ3) is 6.76. The minimum atomic E-state index is -2.46. The van der Waals surface area contributed by atoms with Gasteiger partial charge in [-0.25, -0.2) is 4.79 Å². The van der Waals surface area contributed by atoms with Gasteiger partial charge in [-0.1, -0.05) is 47.6 Å². The molecular weight excluding hydrogens is 1040 g/mol. The first-order valence-corrected chi connectivity index (χ1v) is 24.2. The minimum Gasteiger partial charge on any atom is -0.542 e. The molecule has 0 amide bonds. The number of benzene rings is 3. The number of carbonyl (C=O) groups excluding carboxylic acids is 1. The lowest BCUT2D eigenvalue weighted by Crippen LogP contribution is -2.44. The Labute approximate surface area is 316 Å². The molecule has 2 N–H and O–H groups in total. The smallest absolute Gasteiger partial charge is 0.325 e. The Bertz CT molecular complexity index is 1840. The zero-order valence-electron chi connectivity index (χ0n) is 26.5. The van der Waals surface area contributed by atoms with Crippen LogP contribution in [0.2, 0.25) is 36.3 Å². The highest BCUT2D eigenvalue weighted by Crippen LogP contribution is 2.49.